The summed E-state index contributed by atoms with van der Waals surface area (Å²) in [6.45, 7) is 0.543. The normalized spacial score (nSPS) is 14.0. The van der Waals surface area contributed by atoms with Crippen LogP contribution in [0.3, 0.4) is 0 Å². The zero-order valence-corrected chi connectivity index (χ0v) is 11.9. The van der Waals surface area contributed by atoms with Crippen molar-refractivity contribution < 1.29 is 13.9 Å². The van der Waals surface area contributed by atoms with Crippen LogP contribution in [0.5, 0.6) is 11.5 Å². The molecule has 0 saturated carbocycles. The third kappa shape index (κ3) is 2.89. The zero-order valence-electron chi connectivity index (χ0n) is 11.1. The molecule has 6 heteroatoms. The van der Waals surface area contributed by atoms with Crippen LogP contribution >= 0.6 is 11.6 Å². The van der Waals surface area contributed by atoms with Crippen LogP contribution in [0, 0.1) is 5.82 Å². The van der Waals surface area contributed by atoms with Crippen LogP contribution < -0.4 is 20.5 Å². The molecule has 1 aliphatic heterocycles. The van der Waals surface area contributed by atoms with E-state index in [1.165, 1.54) is 18.2 Å². The van der Waals surface area contributed by atoms with Gasteiger partial charge in [0.2, 0.25) is 6.79 Å². The minimum Gasteiger partial charge on any atom is -0.454 e. The number of fused-ring (bicyclic) bond motifs is 1. The average Bonchev–Trinajstić information content (AvgIpc) is 2.95. The Balaban J connectivity index is 1.86. The summed E-state index contributed by atoms with van der Waals surface area (Å²) in [4.78, 5) is 0. The van der Waals surface area contributed by atoms with E-state index in [2.05, 4.69) is 5.32 Å². The van der Waals surface area contributed by atoms with E-state index < -0.39 is 0 Å². The highest BCUT2D eigenvalue weighted by Gasteiger charge is 2.18. The van der Waals surface area contributed by atoms with E-state index in [0.717, 1.165) is 5.56 Å². The Morgan fingerprint density at radius 2 is 2.00 bits per heavy atom. The molecule has 3 rings (SSSR count). The molecule has 2 aromatic carbocycles. The quantitative estimate of drug-likeness (QED) is 0.910. The van der Waals surface area contributed by atoms with Gasteiger partial charge in [0.25, 0.3) is 0 Å². The Labute approximate surface area is 126 Å². The van der Waals surface area contributed by atoms with Crippen LogP contribution in [0.4, 0.5) is 10.1 Å². The first-order chi connectivity index (χ1) is 10.2. The van der Waals surface area contributed by atoms with Gasteiger partial charge in [-0.3, -0.25) is 0 Å². The van der Waals surface area contributed by atoms with Crippen LogP contribution in [0.25, 0.3) is 0 Å². The number of hydrogen-bond donors (Lipinski definition) is 2. The monoisotopic (exact) mass is 308 g/mol. The molecule has 21 heavy (non-hydrogen) atoms. The van der Waals surface area contributed by atoms with E-state index >= 15 is 0 Å². The van der Waals surface area contributed by atoms with Crippen LogP contribution in [0.2, 0.25) is 5.02 Å². The fraction of sp³-hybridized carbons (Fsp3) is 0.200. The Morgan fingerprint density at radius 1 is 1.19 bits per heavy atom. The average molecular weight is 309 g/mol. The fourth-order valence-corrected chi connectivity index (χ4v) is 2.38. The van der Waals surface area contributed by atoms with Gasteiger partial charge in [-0.05, 0) is 35.9 Å². The van der Waals surface area contributed by atoms with Gasteiger partial charge in [-0.1, -0.05) is 17.7 Å². The van der Waals surface area contributed by atoms with Crippen molar-refractivity contribution in [3.63, 3.8) is 0 Å². The number of benzene rings is 2. The third-order valence-electron chi connectivity index (χ3n) is 3.29. The van der Waals surface area contributed by atoms with Gasteiger partial charge in [0.1, 0.15) is 5.82 Å². The van der Waals surface area contributed by atoms with Crippen molar-refractivity contribution in [2.24, 2.45) is 5.73 Å². The van der Waals surface area contributed by atoms with Crippen molar-refractivity contribution in [1.29, 1.82) is 0 Å². The van der Waals surface area contributed by atoms with Crippen molar-refractivity contribution in [3.8, 4) is 11.5 Å². The van der Waals surface area contributed by atoms with Gasteiger partial charge in [0.15, 0.2) is 11.5 Å². The third-order valence-corrected chi connectivity index (χ3v) is 3.62. The predicted molar refractivity (Wildman–Crippen MR) is 79.4 cm³/mol. The van der Waals surface area contributed by atoms with Gasteiger partial charge >= 0.3 is 0 Å². The summed E-state index contributed by atoms with van der Waals surface area (Å²) >= 11 is 6.06. The van der Waals surface area contributed by atoms with Crippen LogP contribution in [-0.2, 0) is 0 Å². The molecule has 0 aromatic heterocycles. The predicted octanol–water partition coefficient (Wildman–Crippen LogP) is 3.32. The van der Waals surface area contributed by atoms with E-state index in [4.69, 9.17) is 26.8 Å². The topological polar surface area (TPSA) is 56.5 Å². The van der Waals surface area contributed by atoms with E-state index in [1.807, 2.05) is 18.2 Å². The number of nitrogens with two attached hydrogens (primary N) is 1. The summed E-state index contributed by atoms with van der Waals surface area (Å²) < 4.78 is 23.9. The molecule has 1 unspecified atom stereocenters. The maximum absolute atomic E-state index is 13.3. The number of halogens is 2. The molecule has 0 amide bonds. The van der Waals surface area contributed by atoms with Crippen molar-refractivity contribution in [2.45, 2.75) is 6.04 Å². The first kappa shape index (κ1) is 14.0. The van der Waals surface area contributed by atoms with Gasteiger partial charge in [-0.25, -0.2) is 4.39 Å². The summed E-state index contributed by atoms with van der Waals surface area (Å²) in [6, 6.07) is 9.54. The first-order valence-electron chi connectivity index (χ1n) is 6.48. The number of rotatable bonds is 4. The van der Waals surface area contributed by atoms with Crippen LogP contribution in [0.15, 0.2) is 36.4 Å². The van der Waals surface area contributed by atoms with Gasteiger partial charge in [0.05, 0.1) is 16.8 Å². The molecule has 1 aliphatic rings. The molecular formula is C15H14ClFN2O2. The molecule has 0 bridgehead atoms. The van der Waals surface area contributed by atoms with Crippen molar-refractivity contribution in [1.82, 2.24) is 0 Å². The number of nitrogens with one attached hydrogen (secondary N) is 1. The van der Waals surface area contributed by atoms with Crippen LogP contribution in [0.1, 0.15) is 11.6 Å². The highest BCUT2D eigenvalue weighted by atomic mass is 35.5. The minimum atomic E-state index is -0.358. The van der Waals surface area contributed by atoms with Crippen molar-refractivity contribution >= 4 is 17.3 Å². The van der Waals surface area contributed by atoms with Gasteiger partial charge in [-0.2, -0.15) is 0 Å². The minimum absolute atomic E-state index is 0.209. The van der Waals surface area contributed by atoms with E-state index in [-0.39, 0.29) is 18.7 Å². The molecule has 3 N–H and O–H groups in total. The number of anilines is 1. The Bertz CT molecular complexity index is 666. The van der Waals surface area contributed by atoms with E-state index in [1.54, 1.807) is 0 Å². The molecule has 0 fully saturated rings. The molecule has 0 radical (unpaired) electrons. The lowest BCUT2D eigenvalue weighted by molar-refractivity contribution is 0.174. The molecule has 110 valence electrons. The lowest BCUT2D eigenvalue weighted by atomic mass is 10.1. The second kappa shape index (κ2) is 5.79. The number of hydrogen-bond acceptors (Lipinski definition) is 4. The maximum Gasteiger partial charge on any atom is 0.231 e. The SMILES string of the molecule is NCC(Nc1cc(F)ccc1Cl)c1ccc2c(c1)OCO2. The summed E-state index contributed by atoms with van der Waals surface area (Å²) in [7, 11) is 0. The molecular weight excluding hydrogens is 295 g/mol. The molecule has 0 aliphatic carbocycles. The Kier molecular flexibility index (Phi) is 3.86. The molecule has 4 nitrogen and oxygen atoms in total. The molecule has 1 atom stereocenters. The van der Waals surface area contributed by atoms with Gasteiger partial charge in [0, 0.05) is 6.54 Å². The second-order valence-electron chi connectivity index (χ2n) is 4.67. The second-order valence-corrected chi connectivity index (χ2v) is 5.08. The number of ether oxygens (including phenoxy) is 2. The summed E-state index contributed by atoms with van der Waals surface area (Å²) in [5.74, 6) is 1.03. The molecule has 0 spiro atoms. The Morgan fingerprint density at radius 3 is 2.81 bits per heavy atom. The Hall–Kier alpha value is -1.98. The van der Waals surface area contributed by atoms with Gasteiger partial charge in [-0.15, -0.1) is 0 Å². The molecule has 2 aromatic rings. The molecule has 0 saturated heterocycles. The van der Waals surface area contributed by atoms with Crippen molar-refractivity contribution in [3.05, 3.63) is 52.8 Å². The van der Waals surface area contributed by atoms with Crippen molar-refractivity contribution in [2.75, 3.05) is 18.7 Å². The lowest BCUT2D eigenvalue weighted by Crippen LogP contribution is -2.20. The largest absolute Gasteiger partial charge is 0.454 e. The van der Waals surface area contributed by atoms with E-state index in [0.29, 0.717) is 28.8 Å². The standard InChI is InChI=1S/C15H14ClFN2O2/c16-11-3-2-10(17)6-12(11)19-13(7-18)9-1-4-14-15(5-9)21-8-20-14/h1-6,13,19H,7-8,18H2. The van der Waals surface area contributed by atoms with Gasteiger partial charge < -0.3 is 20.5 Å². The molecule has 1 heterocycles. The van der Waals surface area contributed by atoms with Crippen LogP contribution in [-0.4, -0.2) is 13.3 Å². The lowest BCUT2D eigenvalue weighted by Gasteiger charge is -2.20. The maximum atomic E-state index is 13.3. The summed E-state index contributed by atoms with van der Waals surface area (Å²) in [5.41, 5.74) is 7.24. The highest BCUT2D eigenvalue weighted by Crippen LogP contribution is 2.35. The van der Waals surface area contributed by atoms with E-state index in [9.17, 15) is 4.39 Å². The zero-order chi connectivity index (χ0) is 14.8. The highest BCUT2D eigenvalue weighted by molar-refractivity contribution is 6.33. The summed E-state index contributed by atoms with van der Waals surface area (Å²) in [5, 5.41) is 3.59. The first-order valence-corrected chi connectivity index (χ1v) is 6.86. The summed E-state index contributed by atoms with van der Waals surface area (Å²) in [6.07, 6.45) is 0. The smallest absolute Gasteiger partial charge is 0.231 e. The fourth-order valence-electron chi connectivity index (χ4n) is 2.20.